The normalized spacial score (nSPS) is 10.7. The summed E-state index contributed by atoms with van der Waals surface area (Å²) in [4.78, 5) is 0. The minimum Gasteiger partial charge on any atom is -0.489 e. The van der Waals surface area contributed by atoms with Crippen molar-refractivity contribution >= 4 is 0 Å². The van der Waals surface area contributed by atoms with Gasteiger partial charge in [0.2, 0.25) is 0 Å². The largest absolute Gasteiger partial charge is 0.489 e. The van der Waals surface area contributed by atoms with Gasteiger partial charge in [-0.25, -0.2) is 0 Å². The summed E-state index contributed by atoms with van der Waals surface area (Å²) in [5.74, 6) is 0.908. The van der Waals surface area contributed by atoms with Gasteiger partial charge in [0.25, 0.3) is 0 Å². The zero-order valence-corrected chi connectivity index (χ0v) is 13.9. The Labute approximate surface area is 139 Å². The molecule has 3 nitrogen and oxygen atoms in total. The van der Waals surface area contributed by atoms with Gasteiger partial charge in [0.1, 0.15) is 12.4 Å². The maximum absolute atomic E-state index is 8.74. The molecule has 2 aromatic carbocycles. The lowest BCUT2D eigenvalue weighted by atomic mass is 10.1. The molecule has 0 aliphatic rings. The van der Waals surface area contributed by atoms with Crippen molar-refractivity contribution in [1.29, 1.82) is 0 Å². The Balaban J connectivity index is 1.74. The average molecular weight is 313 g/mol. The van der Waals surface area contributed by atoms with Crippen molar-refractivity contribution in [2.75, 3.05) is 13.2 Å². The summed E-state index contributed by atoms with van der Waals surface area (Å²) in [5.41, 5.74) is 3.68. The van der Waals surface area contributed by atoms with Gasteiger partial charge in [0, 0.05) is 13.2 Å². The zero-order valence-electron chi connectivity index (χ0n) is 13.9. The van der Waals surface area contributed by atoms with Gasteiger partial charge in [0.15, 0.2) is 0 Å². The van der Waals surface area contributed by atoms with Gasteiger partial charge in [-0.2, -0.15) is 0 Å². The van der Waals surface area contributed by atoms with E-state index in [1.54, 1.807) is 0 Å². The van der Waals surface area contributed by atoms with Crippen molar-refractivity contribution in [2.45, 2.75) is 39.3 Å². The molecular weight excluding hydrogens is 286 g/mol. The van der Waals surface area contributed by atoms with Crippen LogP contribution in [0.5, 0.6) is 5.75 Å². The zero-order chi connectivity index (χ0) is 16.3. The van der Waals surface area contributed by atoms with E-state index in [0.29, 0.717) is 13.2 Å². The van der Waals surface area contributed by atoms with Gasteiger partial charge in [-0.15, -0.1) is 0 Å². The molecule has 2 aromatic rings. The fourth-order valence-corrected chi connectivity index (χ4v) is 2.37. The molecule has 0 radical (unpaired) electrons. The molecule has 0 bridgehead atoms. The van der Waals surface area contributed by atoms with Crippen LogP contribution in [0.25, 0.3) is 0 Å². The molecule has 0 fully saturated rings. The summed E-state index contributed by atoms with van der Waals surface area (Å²) in [5, 5.41) is 12.2. The third-order valence-electron chi connectivity index (χ3n) is 3.77. The van der Waals surface area contributed by atoms with Crippen LogP contribution in [-0.4, -0.2) is 18.3 Å². The highest BCUT2D eigenvalue weighted by Crippen LogP contribution is 2.15. The first-order valence-electron chi connectivity index (χ1n) is 8.37. The SMILES string of the molecule is Cc1ccc(COc2cccc(CNCCCCCO)c2)cc1. The molecule has 0 atom stereocenters. The molecule has 0 amide bonds. The van der Waals surface area contributed by atoms with Gasteiger partial charge in [-0.1, -0.05) is 42.0 Å². The fourth-order valence-electron chi connectivity index (χ4n) is 2.37. The van der Waals surface area contributed by atoms with Gasteiger partial charge in [-0.05, 0) is 56.0 Å². The Morgan fingerprint density at radius 2 is 1.78 bits per heavy atom. The van der Waals surface area contributed by atoms with Gasteiger partial charge >= 0.3 is 0 Å². The van der Waals surface area contributed by atoms with E-state index in [4.69, 9.17) is 9.84 Å². The van der Waals surface area contributed by atoms with Crippen LogP contribution in [0.2, 0.25) is 0 Å². The second-order valence-corrected chi connectivity index (χ2v) is 5.88. The molecule has 3 heteroatoms. The van der Waals surface area contributed by atoms with Crippen molar-refractivity contribution in [2.24, 2.45) is 0 Å². The molecule has 0 saturated carbocycles. The molecule has 0 spiro atoms. The average Bonchev–Trinajstić information content (AvgIpc) is 2.58. The maximum atomic E-state index is 8.74. The van der Waals surface area contributed by atoms with Crippen molar-refractivity contribution in [3.63, 3.8) is 0 Å². The Hall–Kier alpha value is -1.84. The van der Waals surface area contributed by atoms with Crippen LogP contribution in [0.4, 0.5) is 0 Å². The highest BCUT2D eigenvalue weighted by Gasteiger charge is 1.99. The first-order valence-corrected chi connectivity index (χ1v) is 8.37. The van der Waals surface area contributed by atoms with E-state index in [9.17, 15) is 0 Å². The number of benzene rings is 2. The van der Waals surface area contributed by atoms with E-state index in [2.05, 4.69) is 48.6 Å². The summed E-state index contributed by atoms with van der Waals surface area (Å²) < 4.78 is 5.88. The van der Waals surface area contributed by atoms with Crippen LogP contribution in [0.1, 0.15) is 36.0 Å². The standard InChI is InChI=1S/C20H27NO2/c1-17-8-10-18(11-9-17)16-23-20-7-5-6-19(14-20)15-21-12-3-2-4-13-22/h5-11,14,21-22H,2-4,12-13,15-16H2,1H3. The quantitative estimate of drug-likeness (QED) is 0.655. The number of nitrogens with one attached hydrogen (secondary N) is 1. The van der Waals surface area contributed by atoms with E-state index in [-0.39, 0.29) is 0 Å². The maximum Gasteiger partial charge on any atom is 0.120 e. The molecule has 0 heterocycles. The Morgan fingerprint density at radius 1 is 0.957 bits per heavy atom. The second-order valence-electron chi connectivity index (χ2n) is 5.88. The number of unbranched alkanes of at least 4 members (excludes halogenated alkanes) is 2. The lowest BCUT2D eigenvalue weighted by molar-refractivity contribution is 0.283. The monoisotopic (exact) mass is 313 g/mol. The smallest absolute Gasteiger partial charge is 0.120 e. The van der Waals surface area contributed by atoms with Crippen LogP contribution >= 0.6 is 0 Å². The van der Waals surface area contributed by atoms with Gasteiger partial charge < -0.3 is 15.2 Å². The Bertz CT molecular complexity index is 566. The third-order valence-corrected chi connectivity index (χ3v) is 3.77. The molecule has 0 unspecified atom stereocenters. The number of aliphatic hydroxyl groups excluding tert-OH is 1. The van der Waals surface area contributed by atoms with Gasteiger partial charge in [-0.3, -0.25) is 0 Å². The van der Waals surface area contributed by atoms with Crippen LogP contribution in [0, 0.1) is 6.92 Å². The number of aryl methyl sites for hydroxylation is 1. The molecule has 0 aliphatic heterocycles. The molecular formula is C20H27NO2. The fraction of sp³-hybridized carbons (Fsp3) is 0.400. The van der Waals surface area contributed by atoms with E-state index >= 15 is 0 Å². The van der Waals surface area contributed by atoms with Gasteiger partial charge in [0.05, 0.1) is 0 Å². The van der Waals surface area contributed by atoms with Crippen LogP contribution < -0.4 is 10.1 Å². The molecule has 0 aromatic heterocycles. The number of aliphatic hydroxyl groups is 1. The topological polar surface area (TPSA) is 41.5 Å². The predicted molar refractivity (Wildman–Crippen MR) is 94.6 cm³/mol. The predicted octanol–water partition coefficient (Wildman–Crippen LogP) is 3.83. The molecule has 0 saturated heterocycles. The molecule has 2 rings (SSSR count). The molecule has 124 valence electrons. The minimum absolute atomic E-state index is 0.292. The summed E-state index contributed by atoms with van der Waals surface area (Å²) in [6, 6.07) is 16.7. The second kappa shape index (κ2) is 10.0. The highest BCUT2D eigenvalue weighted by molar-refractivity contribution is 5.29. The van der Waals surface area contributed by atoms with Crippen LogP contribution in [0.3, 0.4) is 0 Å². The van der Waals surface area contributed by atoms with Crippen molar-refractivity contribution in [1.82, 2.24) is 5.32 Å². The van der Waals surface area contributed by atoms with Crippen molar-refractivity contribution in [3.8, 4) is 5.75 Å². The highest BCUT2D eigenvalue weighted by atomic mass is 16.5. The lowest BCUT2D eigenvalue weighted by Crippen LogP contribution is -2.14. The summed E-state index contributed by atoms with van der Waals surface area (Å²) >= 11 is 0. The summed E-state index contributed by atoms with van der Waals surface area (Å²) in [7, 11) is 0. The summed E-state index contributed by atoms with van der Waals surface area (Å²) in [6.07, 6.45) is 3.07. The summed E-state index contributed by atoms with van der Waals surface area (Å²) in [6.45, 7) is 4.80. The van der Waals surface area contributed by atoms with E-state index < -0.39 is 0 Å². The van der Waals surface area contributed by atoms with Crippen LogP contribution in [0.15, 0.2) is 48.5 Å². The number of rotatable bonds is 10. The number of hydrogen-bond donors (Lipinski definition) is 2. The first kappa shape index (κ1) is 17.5. The van der Waals surface area contributed by atoms with E-state index in [1.807, 2.05) is 12.1 Å². The minimum atomic E-state index is 0.292. The van der Waals surface area contributed by atoms with Crippen molar-refractivity contribution in [3.05, 3.63) is 65.2 Å². The Morgan fingerprint density at radius 3 is 2.57 bits per heavy atom. The van der Waals surface area contributed by atoms with Crippen LogP contribution in [-0.2, 0) is 13.2 Å². The Kier molecular flexibility index (Phi) is 7.64. The lowest BCUT2D eigenvalue weighted by Gasteiger charge is -2.09. The van der Waals surface area contributed by atoms with E-state index in [1.165, 1.54) is 16.7 Å². The number of ether oxygens (including phenoxy) is 1. The molecule has 23 heavy (non-hydrogen) atoms. The third kappa shape index (κ3) is 6.85. The first-order chi connectivity index (χ1) is 11.3. The number of hydrogen-bond acceptors (Lipinski definition) is 3. The van der Waals surface area contributed by atoms with Crippen molar-refractivity contribution < 1.29 is 9.84 Å². The molecule has 0 aliphatic carbocycles. The van der Waals surface area contributed by atoms with E-state index in [0.717, 1.165) is 38.1 Å². The molecule has 2 N–H and O–H groups in total.